The molecule has 0 atom stereocenters. The van der Waals surface area contributed by atoms with Gasteiger partial charge in [0.25, 0.3) is 5.82 Å². The number of aromatic nitrogens is 3. The lowest BCUT2D eigenvalue weighted by molar-refractivity contribution is 1.07. The molecule has 68 valence electrons. The maximum absolute atomic E-state index is 8.54. The highest BCUT2D eigenvalue weighted by molar-refractivity contribution is 9.10. The van der Waals surface area contributed by atoms with Gasteiger partial charge in [-0.2, -0.15) is 10.2 Å². The van der Waals surface area contributed by atoms with Crippen LogP contribution in [0.15, 0.2) is 28.7 Å². The third kappa shape index (κ3) is 1.65. The molecule has 1 heterocycles. The van der Waals surface area contributed by atoms with Crippen molar-refractivity contribution in [3.63, 3.8) is 0 Å². The van der Waals surface area contributed by atoms with E-state index in [9.17, 15) is 0 Å². The quantitative estimate of drug-likeness (QED) is 0.841. The fourth-order valence-corrected chi connectivity index (χ4v) is 1.31. The van der Waals surface area contributed by atoms with Gasteiger partial charge in [-0.1, -0.05) is 28.1 Å². The summed E-state index contributed by atoms with van der Waals surface area (Å²) in [4.78, 5) is 3.99. The Morgan fingerprint density at radius 3 is 2.57 bits per heavy atom. The highest BCUT2D eigenvalue weighted by Crippen LogP contribution is 2.17. The van der Waals surface area contributed by atoms with Crippen LogP contribution in [0, 0.1) is 11.3 Å². The highest BCUT2D eigenvalue weighted by Gasteiger charge is 2.03. The Morgan fingerprint density at radius 1 is 1.29 bits per heavy atom. The molecule has 0 radical (unpaired) electrons. The second kappa shape index (κ2) is 3.60. The van der Waals surface area contributed by atoms with E-state index in [1.165, 1.54) is 0 Å². The Morgan fingerprint density at radius 2 is 2.00 bits per heavy atom. The van der Waals surface area contributed by atoms with Crippen LogP contribution in [0.1, 0.15) is 5.82 Å². The monoisotopic (exact) mass is 248 g/mol. The van der Waals surface area contributed by atoms with Crippen LogP contribution in [-0.4, -0.2) is 15.2 Å². The predicted octanol–water partition coefficient (Wildman–Crippen LogP) is 2.11. The molecule has 0 unspecified atom stereocenters. The van der Waals surface area contributed by atoms with Gasteiger partial charge >= 0.3 is 0 Å². The van der Waals surface area contributed by atoms with Crippen LogP contribution >= 0.6 is 15.9 Å². The van der Waals surface area contributed by atoms with E-state index in [1.54, 1.807) is 0 Å². The minimum Gasteiger partial charge on any atom is -0.258 e. The average molecular weight is 249 g/mol. The Kier molecular flexibility index (Phi) is 2.29. The van der Waals surface area contributed by atoms with Crippen LogP contribution < -0.4 is 0 Å². The van der Waals surface area contributed by atoms with Gasteiger partial charge < -0.3 is 0 Å². The van der Waals surface area contributed by atoms with Gasteiger partial charge in [-0.15, -0.1) is 5.10 Å². The lowest BCUT2D eigenvalue weighted by Crippen LogP contribution is -1.79. The van der Waals surface area contributed by atoms with Crippen molar-refractivity contribution in [3.05, 3.63) is 34.6 Å². The van der Waals surface area contributed by atoms with Crippen molar-refractivity contribution < 1.29 is 0 Å². The summed E-state index contributed by atoms with van der Waals surface area (Å²) in [7, 11) is 0. The smallest absolute Gasteiger partial charge is 0.252 e. The summed E-state index contributed by atoms with van der Waals surface area (Å²) in [6.07, 6.45) is 0. The summed E-state index contributed by atoms with van der Waals surface area (Å²) < 4.78 is 1.00. The van der Waals surface area contributed by atoms with E-state index in [1.807, 2.05) is 30.3 Å². The molecular weight excluding hydrogens is 244 g/mol. The zero-order valence-electron chi connectivity index (χ0n) is 7.03. The van der Waals surface area contributed by atoms with Gasteiger partial charge in [0.15, 0.2) is 5.82 Å². The summed E-state index contributed by atoms with van der Waals surface area (Å²) in [6.45, 7) is 0. The van der Waals surface area contributed by atoms with Gasteiger partial charge in [0.05, 0.1) is 0 Å². The standard InChI is InChI=1S/C9H5BrN4/c10-7-3-1-6(2-4-7)9-12-8(5-11)13-14-9/h1-4H,(H,12,13,14). The Balaban J connectivity index is 2.40. The van der Waals surface area contributed by atoms with E-state index in [0.717, 1.165) is 10.0 Å². The van der Waals surface area contributed by atoms with Crippen molar-refractivity contribution in [2.24, 2.45) is 0 Å². The van der Waals surface area contributed by atoms with Crippen LogP contribution in [0.5, 0.6) is 0 Å². The molecule has 14 heavy (non-hydrogen) atoms. The van der Waals surface area contributed by atoms with Gasteiger partial charge in [-0.05, 0) is 12.1 Å². The molecule has 0 aliphatic heterocycles. The fourth-order valence-electron chi connectivity index (χ4n) is 1.05. The number of rotatable bonds is 1. The summed E-state index contributed by atoms with van der Waals surface area (Å²) in [5.41, 5.74) is 0.905. The SMILES string of the molecule is N#Cc1n[nH]c(-c2ccc(Br)cc2)n1. The van der Waals surface area contributed by atoms with E-state index >= 15 is 0 Å². The van der Waals surface area contributed by atoms with Crippen LogP contribution in [0.3, 0.4) is 0 Å². The molecule has 0 saturated heterocycles. The molecule has 5 heteroatoms. The molecular formula is C9H5BrN4. The van der Waals surface area contributed by atoms with Gasteiger partial charge in [-0.25, -0.2) is 0 Å². The number of nitrogens with one attached hydrogen (secondary N) is 1. The van der Waals surface area contributed by atoms with Crippen molar-refractivity contribution in [1.29, 1.82) is 5.26 Å². The lowest BCUT2D eigenvalue weighted by Gasteiger charge is -1.94. The molecule has 1 aromatic heterocycles. The summed E-state index contributed by atoms with van der Waals surface area (Å²) >= 11 is 3.34. The summed E-state index contributed by atoms with van der Waals surface area (Å²) in [5, 5.41) is 15.0. The van der Waals surface area contributed by atoms with E-state index in [0.29, 0.717) is 5.82 Å². The van der Waals surface area contributed by atoms with Gasteiger partial charge in [0.2, 0.25) is 0 Å². The summed E-state index contributed by atoms with van der Waals surface area (Å²) in [5.74, 6) is 0.761. The van der Waals surface area contributed by atoms with Crippen LogP contribution in [0.4, 0.5) is 0 Å². The first kappa shape index (κ1) is 8.91. The molecule has 0 amide bonds. The minimum atomic E-state index is 0.155. The molecule has 4 nitrogen and oxygen atoms in total. The third-order valence-corrected chi connectivity index (χ3v) is 2.23. The Hall–Kier alpha value is -1.67. The van der Waals surface area contributed by atoms with Crippen LogP contribution in [-0.2, 0) is 0 Å². The molecule has 2 aromatic rings. The van der Waals surface area contributed by atoms with Gasteiger partial charge in [-0.3, -0.25) is 5.10 Å². The van der Waals surface area contributed by atoms with Crippen molar-refractivity contribution in [1.82, 2.24) is 15.2 Å². The van der Waals surface area contributed by atoms with Crippen molar-refractivity contribution >= 4 is 15.9 Å². The van der Waals surface area contributed by atoms with Crippen LogP contribution in [0.2, 0.25) is 0 Å². The number of nitriles is 1. The van der Waals surface area contributed by atoms with E-state index in [2.05, 4.69) is 31.1 Å². The first-order valence-corrected chi connectivity index (χ1v) is 4.67. The molecule has 1 aromatic carbocycles. The molecule has 0 fully saturated rings. The number of hydrogen-bond acceptors (Lipinski definition) is 3. The normalized spacial score (nSPS) is 9.71. The molecule has 0 aliphatic rings. The Labute approximate surface area is 88.7 Å². The number of H-pyrrole nitrogens is 1. The van der Waals surface area contributed by atoms with Crippen LogP contribution in [0.25, 0.3) is 11.4 Å². The topological polar surface area (TPSA) is 65.4 Å². The molecule has 1 N–H and O–H groups in total. The maximum atomic E-state index is 8.54. The van der Waals surface area contributed by atoms with Crippen molar-refractivity contribution in [2.75, 3.05) is 0 Å². The molecule has 0 aliphatic carbocycles. The molecule has 2 rings (SSSR count). The average Bonchev–Trinajstić information content (AvgIpc) is 2.67. The predicted molar refractivity (Wildman–Crippen MR) is 54.2 cm³/mol. The van der Waals surface area contributed by atoms with Gasteiger partial charge in [0, 0.05) is 10.0 Å². The number of benzene rings is 1. The number of nitrogens with zero attached hydrogens (tertiary/aromatic N) is 3. The number of halogens is 1. The van der Waals surface area contributed by atoms with Gasteiger partial charge in [0.1, 0.15) is 6.07 Å². The molecule has 0 saturated carbocycles. The van der Waals surface area contributed by atoms with E-state index in [4.69, 9.17) is 5.26 Å². The summed E-state index contributed by atoms with van der Waals surface area (Å²) in [6, 6.07) is 9.47. The third-order valence-electron chi connectivity index (χ3n) is 1.70. The van der Waals surface area contributed by atoms with Crippen molar-refractivity contribution in [2.45, 2.75) is 0 Å². The number of aromatic amines is 1. The molecule has 0 spiro atoms. The Bertz CT molecular complexity index is 480. The zero-order valence-corrected chi connectivity index (χ0v) is 8.62. The zero-order chi connectivity index (χ0) is 9.97. The minimum absolute atomic E-state index is 0.155. The molecule has 0 bridgehead atoms. The van der Waals surface area contributed by atoms with E-state index < -0.39 is 0 Å². The first-order valence-electron chi connectivity index (χ1n) is 3.88. The highest BCUT2D eigenvalue weighted by atomic mass is 79.9. The van der Waals surface area contributed by atoms with Crippen molar-refractivity contribution in [3.8, 4) is 17.5 Å². The fraction of sp³-hybridized carbons (Fsp3) is 0. The second-order valence-electron chi connectivity index (χ2n) is 2.63. The van der Waals surface area contributed by atoms with E-state index in [-0.39, 0.29) is 5.82 Å². The second-order valence-corrected chi connectivity index (χ2v) is 3.54. The first-order chi connectivity index (χ1) is 6.79. The lowest BCUT2D eigenvalue weighted by atomic mass is 10.2. The number of hydrogen-bond donors (Lipinski definition) is 1. The largest absolute Gasteiger partial charge is 0.258 e. The maximum Gasteiger partial charge on any atom is 0.252 e.